The van der Waals surface area contributed by atoms with E-state index in [4.69, 9.17) is 24.7 Å². The van der Waals surface area contributed by atoms with Crippen LogP contribution in [0.5, 0.6) is 11.5 Å². The zero-order valence-corrected chi connectivity index (χ0v) is 12.5. The molecule has 120 valence electrons. The smallest absolute Gasteiger partial charge is 0.293 e. The first-order chi connectivity index (χ1) is 11.6. The highest BCUT2D eigenvalue weighted by Gasteiger charge is 2.94. The second-order valence-corrected chi connectivity index (χ2v) is 6.16. The SMILES string of the molecule is N#CC12C(N)=NC3(OCCO3)C1(C#N)C2c1ccc2c(c1)OCO2. The van der Waals surface area contributed by atoms with Crippen LogP contribution in [0.2, 0.25) is 0 Å². The predicted octanol–water partition coefficient (Wildman–Crippen LogP) is 0.604. The van der Waals surface area contributed by atoms with Gasteiger partial charge in [0.25, 0.3) is 5.91 Å². The van der Waals surface area contributed by atoms with Gasteiger partial charge in [0, 0.05) is 5.92 Å². The zero-order valence-electron chi connectivity index (χ0n) is 12.5. The molecule has 1 saturated heterocycles. The largest absolute Gasteiger partial charge is 0.454 e. The van der Waals surface area contributed by atoms with Crippen LogP contribution in [0.4, 0.5) is 0 Å². The van der Waals surface area contributed by atoms with Crippen molar-refractivity contribution in [3.8, 4) is 23.6 Å². The van der Waals surface area contributed by atoms with Crippen LogP contribution in [-0.4, -0.2) is 31.8 Å². The minimum atomic E-state index is -1.51. The van der Waals surface area contributed by atoms with E-state index in [1.807, 2.05) is 6.07 Å². The van der Waals surface area contributed by atoms with Gasteiger partial charge in [0.1, 0.15) is 11.3 Å². The highest BCUT2D eigenvalue weighted by Crippen LogP contribution is 2.82. The lowest BCUT2D eigenvalue weighted by Gasteiger charge is -2.25. The molecule has 1 spiro atoms. The number of benzene rings is 1. The molecule has 0 radical (unpaired) electrons. The number of rotatable bonds is 1. The number of ether oxygens (including phenoxy) is 4. The zero-order chi connectivity index (χ0) is 16.6. The van der Waals surface area contributed by atoms with Gasteiger partial charge in [0.15, 0.2) is 16.9 Å². The van der Waals surface area contributed by atoms with Gasteiger partial charge < -0.3 is 24.7 Å². The quantitative estimate of drug-likeness (QED) is 0.802. The monoisotopic (exact) mass is 324 g/mol. The van der Waals surface area contributed by atoms with Crippen LogP contribution in [0, 0.1) is 33.5 Å². The number of aliphatic imine (C=N–C) groups is 1. The van der Waals surface area contributed by atoms with E-state index in [0.29, 0.717) is 24.7 Å². The molecule has 3 aliphatic heterocycles. The van der Waals surface area contributed by atoms with Crippen LogP contribution in [-0.2, 0) is 9.47 Å². The van der Waals surface area contributed by atoms with Crippen LogP contribution in [0.3, 0.4) is 0 Å². The summed E-state index contributed by atoms with van der Waals surface area (Å²) < 4.78 is 22.1. The summed E-state index contributed by atoms with van der Waals surface area (Å²) in [6.07, 6.45) is 0. The summed E-state index contributed by atoms with van der Waals surface area (Å²) >= 11 is 0. The molecule has 8 nitrogen and oxygen atoms in total. The number of nitriles is 2. The second-order valence-electron chi connectivity index (χ2n) is 6.16. The Morgan fingerprint density at radius 2 is 1.88 bits per heavy atom. The van der Waals surface area contributed by atoms with Crippen molar-refractivity contribution in [2.75, 3.05) is 20.0 Å². The molecule has 3 unspecified atom stereocenters. The maximum absolute atomic E-state index is 9.99. The van der Waals surface area contributed by atoms with Gasteiger partial charge in [-0.1, -0.05) is 6.07 Å². The van der Waals surface area contributed by atoms with Crippen LogP contribution in [0.1, 0.15) is 11.5 Å². The third-order valence-electron chi connectivity index (χ3n) is 5.34. The minimum Gasteiger partial charge on any atom is -0.454 e. The molecule has 5 rings (SSSR count). The Kier molecular flexibility index (Phi) is 2.26. The summed E-state index contributed by atoms with van der Waals surface area (Å²) in [4.78, 5) is 4.23. The van der Waals surface area contributed by atoms with Gasteiger partial charge in [-0.15, -0.1) is 0 Å². The van der Waals surface area contributed by atoms with E-state index in [1.165, 1.54) is 0 Å². The fourth-order valence-corrected chi connectivity index (χ4v) is 4.31. The molecule has 2 N–H and O–H groups in total. The van der Waals surface area contributed by atoms with Crippen LogP contribution in [0.15, 0.2) is 23.2 Å². The highest BCUT2D eigenvalue weighted by atomic mass is 16.8. The van der Waals surface area contributed by atoms with Crippen molar-refractivity contribution in [1.29, 1.82) is 10.5 Å². The third-order valence-corrected chi connectivity index (χ3v) is 5.34. The van der Waals surface area contributed by atoms with Gasteiger partial charge in [-0.3, -0.25) is 0 Å². The average molecular weight is 324 g/mol. The molecule has 3 atom stereocenters. The lowest BCUT2D eigenvalue weighted by atomic mass is 9.94. The average Bonchev–Trinajstić information content (AvgIpc) is 2.99. The van der Waals surface area contributed by atoms with Crippen molar-refractivity contribution in [1.82, 2.24) is 0 Å². The molecule has 0 aromatic heterocycles. The van der Waals surface area contributed by atoms with Gasteiger partial charge in [-0.25, -0.2) is 4.99 Å². The fourth-order valence-electron chi connectivity index (χ4n) is 4.31. The molecule has 1 saturated carbocycles. The van der Waals surface area contributed by atoms with E-state index in [-0.39, 0.29) is 12.6 Å². The third kappa shape index (κ3) is 1.15. The highest BCUT2D eigenvalue weighted by molar-refractivity contribution is 6.00. The first-order valence-corrected chi connectivity index (χ1v) is 7.51. The Labute approximate surface area is 137 Å². The molecule has 24 heavy (non-hydrogen) atoms. The molecule has 2 fully saturated rings. The number of nitrogens with two attached hydrogens (primary N) is 1. The topological polar surface area (TPSA) is 123 Å². The molecule has 0 bridgehead atoms. The Balaban J connectivity index is 1.70. The summed E-state index contributed by atoms with van der Waals surface area (Å²) in [5.41, 5.74) is 4.26. The molecule has 1 aromatic carbocycles. The number of nitrogens with zero attached hydrogens (tertiary/aromatic N) is 3. The summed E-state index contributed by atoms with van der Waals surface area (Å²) in [6.45, 7) is 0.751. The van der Waals surface area contributed by atoms with E-state index >= 15 is 0 Å². The predicted molar refractivity (Wildman–Crippen MR) is 77.7 cm³/mol. The van der Waals surface area contributed by atoms with Crippen molar-refractivity contribution in [2.45, 2.75) is 11.8 Å². The molecular formula is C16H12N4O4. The standard InChI is InChI=1S/C16H12N4O4/c17-6-14-12(9-1-2-10-11(5-9)22-8-21-10)15(14,7-18)16(20-13(14)19)23-3-4-24-16/h1-2,5,12H,3-4,8H2,(H2,19,20). The molecular weight excluding hydrogens is 312 g/mol. The van der Waals surface area contributed by atoms with Gasteiger partial charge >= 0.3 is 0 Å². The van der Waals surface area contributed by atoms with Crippen molar-refractivity contribution < 1.29 is 18.9 Å². The lowest BCUT2D eigenvalue weighted by molar-refractivity contribution is -0.184. The summed E-state index contributed by atoms with van der Waals surface area (Å²) in [6, 6.07) is 9.81. The molecule has 4 aliphatic rings. The maximum atomic E-state index is 9.99. The summed E-state index contributed by atoms with van der Waals surface area (Å²) in [5.74, 6) is -0.730. The molecule has 1 aliphatic carbocycles. The first kappa shape index (κ1) is 13.6. The molecule has 8 heteroatoms. The van der Waals surface area contributed by atoms with Gasteiger partial charge in [-0.2, -0.15) is 10.5 Å². The van der Waals surface area contributed by atoms with Crippen LogP contribution >= 0.6 is 0 Å². The number of hydrogen-bond donors (Lipinski definition) is 1. The van der Waals surface area contributed by atoms with Crippen LogP contribution < -0.4 is 15.2 Å². The Hall–Kier alpha value is -2.81. The Morgan fingerprint density at radius 1 is 1.12 bits per heavy atom. The van der Waals surface area contributed by atoms with E-state index in [2.05, 4.69) is 17.1 Å². The normalized spacial score (nSPS) is 36.8. The minimum absolute atomic E-state index is 0.0797. The van der Waals surface area contributed by atoms with Crippen molar-refractivity contribution in [3.63, 3.8) is 0 Å². The van der Waals surface area contributed by atoms with E-state index in [1.54, 1.807) is 12.1 Å². The van der Waals surface area contributed by atoms with Crippen molar-refractivity contribution >= 4 is 5.84 Å². The van der Waals surface area contributed by atoms with E-state index in [9.17, 15) is 10.5 Å². The number of amidine groups is 1. The summed E-state index contributed by atoms with van der Waals surface area (Å²) in [5, 5.41) is 19.9. The Bertz CT molecular complexity index is 879. The Morgan fingerprint density at radius 3 is 2.58 bits per heavy atom. The lowest BCUT2D eigenvalue weighted by Crippen LogP contribution is -2.38. The molecule has 3 heterocycles. The van der Waals surface area contributed by atoms with E-state index < -0.39 is 22.7 Å². The maximum Gasteiger partial charge on any atom is 0.293 e. The molecule has 0 amide bonds. The van der Waals surface area contributed by atoms with Gasteiger partial charge in [0.05, 0.1) is 25.4 Å². The van der Waals surface area contributed by atoms with Crippen molar-refractivity contribution in [3.05, 3.63) is 23.8 Å². The van der Waals surface area contributed by atoms with Gasteiger partial charge in [-0.05, 0) is 17.7 Å². The molecule has 1 aromatic rings. The summed E-state index contributed by atoms with van der Waals surface area (Å²) in [7, 11) is 0. The van der Waals surface area contributed by atoms with Crippen molar-refractivity contribution in [2.24, 2.45) is 21.6 Å². The van der Waals surface area contributed by atoms with Crippen LogP contribution in [0.25, 0.3) is 0 Å². The number of hydrogen-bond acceptors (Lipinski definition) is 8. The second kappa shape index (κ2) is 3.99. The number of fused-ring (bicyclic) bond motifs is 3. The van der Waals surface area contributed by atoms with E-state index in [0.717, 1.165) is 5.56 Å². The van der Waals surface area contributed by atoms with Gasteiger partial charge in [0.2, 0.25) is 6.79 Å². The fraction of sp³-hybridized carbons (Fsp3) is 0.438. The first-order valence-electron chi connectivity index (χ1n) is 7.51.